The first-order valence-corrected chi connectivity index (χ1v) is 9.46. The number of nitrogens with two attached hydrogens (primary N) is 1. The van der Waals surface area contributed by atoms with E-state index in [4.69, 9.17) is 5.73 Å². The molecule has 4 N–H and O–H groups in total. The average Bonchev–Trinajstić information content (AvgIpc) is 3.16. The van der Waals surface area contributed by atoms with Crippen molar-refractivity contribution in [1.29, 1.82) is 0 Å². The summed E-state index contributed by atoms with van der Waals surface area (Å²) in [4.78, 5) is 16.5. The van der Waals surface area contributed by atoms with Crippen molar-refractivity contribution in [2.45, 2.75) is 45.6 Å². The van der Waals surface area contributed by atoms with Crippen LogP contribution < -0.4 is 11.1 Å². The predicted octanol–water partition coefficient (Wildman–Crippen LogP) is 3.80. The van der Waals surface area contributed by atoms with Gasteiger partial charge in [0.1, 0.15) is 5.82 Å². The van der Waals surface area contributed by atoms with Crippen LogP contribution in [-0.4, -0.2) is 21.1 Å². The van der Waals surface area contributed by atoms with E-state index in [-0.39, 0.29) is 11.3 Å². The second-order valence-corrected chi connectivity index (χ2v) is 7.88. The van der Waals surface area contributed by atoms with Crippen molar-refractivity contribution in [3.8, 4) is 11.4 Å². The van der Waals surface area contributed by atoms with Crippen LogP contribution in [0.1, 0.15) is 44.1 Å². The van der Waals surface area contributed by atoms with E-state index in [9.17, 15) is 4.79 Å². The van der Waals surface area contributed by atoms with Crippen LogP contribution in [0.4, 0.5) is 5.69 Å². The molecule has 146 valence electrons. The minimum atomic E-state index is -0.00374. The number of amides is 1. The normalized spacial score (nSPS) is 11.4. The highest BCUT2D eigenvalue weighted by Crippen LogP contribution is 2.22. The third kappa shape index (κ3) is 5.04. The Balaban J connectivity index is 1.53. The second-order valence-electron chi connectivity index (χ2n) is 7.88. The van der Waals surface area contributed by atoms with Gasteiger partial charge >= 0.3 is 0 Å². The maximum atomic E-state index is 12.3. The standard InChI is InChI=1S/C22H27N5O/c1-22(2,3)17-9-4-15(5-10-17)6-13-20(28)24-18-11-7-16(8-12-18)21-25-19(14-23)26-27-21/h4-5,7-12H,6,13-14,23H2,1-3H3,(H,24,28)(H,25,26,27). The number of nitrogens with zero attached hydrogens (tertiary/aromatic N) is 2. The average molecular weight is 377 g/mol. The van der Waals surface area contributed by atoms with Crippen LogP contribution in [0.25, 0.3) is 11.4 Å². The minimum Gasteiger partial charge on any atom is -0.326 e. The highest BCUT2D eigenvalue weighted by atomic mass is 16.1. The Hall–Kier alpha value is -2.99. The fourth-order valence-corrected chi connectivity index (χ4v) is 2.87. The van der Waals surface area contributed by atoms with Gasteiger partial charge in [-0.05, 0) is 47.2 Å². The molecule has 28 heavy (non-hydrogen) atoms. The molecular formula is C22H27N5O. The largest absolute Gasteiger partial charge is 0.326 e. The molecule has 6 heteroatoms. The maximum Gasteiger partial charge on any atom is 0.224 e. The molecule has 0 aliphatic heterocycles. The molecule has 3 aromatic rings. The lowest BCUT2D eigenvalue weighted by Gasteiger charge is -2.19. The van der Waals surface area contributed by atoms with Gasteiger partial charge in [-0.15, -0.1) is 0 Å². The molecule has 0 bridgehead atoms. The molecule has 0 spiro atoms. The number of hydrogen-bond donors (Lipinski definition) is 3. The Bertz CT molecular complexity index is 921. The zero-order valence-corrected chi connectivity index (χ0v) is 16.6. The van der Waals surface area contributed by atoms with Crippen LogP contribution in [0.3, 0.4) is 0 Å². The van der Waals surface area contributed by atoms with E-state index in [1.807, 2.05) is 24.3 Å². The van der Waals surface area contributed by atoms with Crippen LogP contribution in [0, 0.1) is 0 Å². The summed E-state index contributed by atoms with van der Waals surface area (Å²) in [6.45, 7) is 6.90. The van der Waals surface area contributed by atoms with Crippen LogP contribution in [0.2, 0.25) is 0 Å². The molecule has 1 aromatic heterocycles. The minimum absolute atomic E-state index is 0.00374. The van der Waals surface area contributed by atoms with E-state index in [0.29, 0.717) is 31.0 Å². The topological polar surface area (TPSA) is 96.7 Å². The molecule has 6 nitrogen and oxygen atoms in total. The van der Waals surface area contributed by atoms with Crippen molar-refractivity contribution in [3.05, 3.63) is 65.5 Å². The first-order valence-electron chi connectivity index (χ1n) is 9.46. The number of nitrogens with one attached hydrogen (secondary N) is 2. The molecule has 0 saturated heterocycles. The van der Waals surface area contributed by atoms with Gasteiger partial charge in [-0.3, -0.25) is 9.89 Å². The fraction of sp³-hybridized carbons (Fsp3) is 0.318. The number of rotatable bonds is 6. The summed E-state index contributed by atoms with van der Waals surface area (Å²) in [6, 6.07) is 16.0. The number of aromatic amines is 1. The molecule has 0 saturated carbocycles. The Labute approximate surface area is 165 Å². The molecule has 2 aromatic carbocycles. The molecule has 0 aliphatic carbocycles. The van der Waals surface area contributed by atoms with E-state index >= 15 is 0 Å². The van der Waals surface area contributed by atoms with Crippen LogP contribution >= 0.6 is 0 Å². The SMILES string of the molecule is CC(C)(C)c1ccc(CCC(=O)Nc2ccc(-c3n[nH]c(CN)n3)cc2)cc1. The third-order valence-electron chi connectivity index (χ3n) is 4.61. The number of hydrogen-bond acceptors (Lipinski definition) is 4. The van der Waals surface area contributed by atoms with Crippen molar-refractivity contribution in [3.63, 3.8) is 0 Å². The zero-order chi connectivity index (χ0) is 20.1. The predicted molar refractivity (Wildman–Crippen MR) is 112 cm³/mol. The summed E-state index contributed by atoms with van der Waals surface area (Å²) in [7, 11) is 0. The summed E-state index contributed by atoms with van der Waals surface area (Å²) in [5, 5.41) is 9.85. The Morgan fingerprint density at radius 3 is 2.32 bits per heavy atom. The Kier molecular flexibility index (Phi) is 5.90. The molecule has 0 unspecified atom stereocenters. The van der Waals surface area contributed by atoms with Gasteiger partial charge in [-0.25, -0.2) is 4.98 Å². The lowest BCUT2D eigenvalue weighted by atomic mass is 9.86. The molecule has 0 fully saturated rings. The highest BCUT2D eigenvalue weighted by Gasteiger charge is 2.13. The van der Waals surface area contributed by atoms with Gasteiger partial charge in [0.05, 0.1) is 6.54 Å². The summed E-state index contributed by atoms with van der Waals surface area (Å²) >= 11 is 0. The molecule has 1 amide bonds. The Morgan fingerprint density at radius 2 is 1.75 bits per heavy atom. The van der Waals surface area contributed by atoms with Crippen molar-refractivity contribution in [1.82, 2.24) is 15.2 Å². The summed E-state index contributed by atoms with van der Waals surface area (Å²) in [6.07, 6.45) is 1.16. The fourth-order valence-electron chi connectivity index (χ4n) is 2.87. The van der Waals surface area contributed by atoms with Gasteiger partial charge in [0.2, 0.25) is 5.91 Å². The third-order valence-corrected chi connectivity index (χ3v) is 4.61. The molecule has 1 heterocycles. The van der Waals surface area contributed by atoms with Crippen molar-refractivity contribution >= 4 is 11.6 Å². The van der Waals surface area contributed by atoms with E-state index < -0.39 is 0 Å². The van der Waals surface area contributed by atoms with E-state index in [1.165, 1.54) is 11.1 Å². The second kappa shape index (κ2) is 8.35. The quantitative estimate of drug-likeness (QED) is 0.609. The van der Waals surface area contributed by atoms with Crippen molar-refractivity contribution < 1.29 is 4.79 Å². The molecular weight excluding hydrogens is 350 g/mol. The van der Waals surface area contributed by atoms with Gasteiger partial charge in [0, 0.05) is 17.7 Å². The van der Waals surface area contributed by atoms with E-state index in [1.54, 1.807) is 0 Å². The smallest absolute Gasteiger partial charge is 0.224 e. The van der Waals surface area contributed by atoms with Gasteiger partial charge in [0.15, 0.2) is 5.82 Å². The van der Waals surface area contributed by atoms with Crippen LogP contribution in [0.5, 0.6) is 0 Å². The van der Waals surface area contributed by atoms with Crippen molar-refractivity contribution in [2.24, 2.45) is 5.73 Å². The first kappa shape index (κ1) is 19.8. The van der Waals surface area contributed by atoms with Crippen LogP contribution in [0.15, 0.2) is 48.5 Å². The van der Waals surface area contributed by atoms with Gasteiger partial charge in [-0.1, -0.05) is 45.0 Å². The van der Waals surface area contributed by atoms with Crippen molar-refractivity contribution in [2.75, 3.05) is 5.32 Å². The number of benzene rings is 2. The summed E-state index contributed by atoms with van der Waals surface area (Å²) < 4.78 is 0. The van der Waals surface area contributed by atoms with E-state index in [0.717, 1.165) is 11.3 Å². The summed E-state index contributed by atoms with van der Waals surface area (Å²) in [5.41, 5.74) is 9.76. The van der Waals surface area contributed by atoms with Gasteiger partial charge in [-0.2, -0.15) is 5.10 Å². The van der Waals surface area contributed by atoms with Gasteiger partial charge in [0.25, 0.3) is 0 Å². The first-order chi connectivity index (χ1) is 13.3. The number of aryl methyl sites for hydroxylation is 1. The number of aromatic nitrogens is 3. The number of anilines is 1. The zero-order valence-electron chi connectivity index (χ0n) is 16.6. The molecule has 0 atom stereocenters. The monoisotopic (exact) mass is 377 g/mol. The number of carbonyl (C=O) groups excluding carboxylic acids is 1. The lowest BCUT2D eigenvalue weighted by Crippen LogP contribution is -2.13. The maximum absolute atomic E-state index is 12.3. The highest BCUT2D eigenvalue weighted by molar-refractivity contribution is 5.91. The lowest BCUT2D eigenvalue weighted by molar-refractivity contribution is -0.116. The number of carbonyl (C=O) groups is 1. The van der Waals surface area contributed by atoms with Crippen LogP contribution in [-0.2, 0) is 23.2 Å². The van der Waals surface area contributed by atoms with Gasteiger partial charge < -0.3 is 11.1 Å². The van der Waals surface area contributed by atoms with E-state index in [2.05, 4.69) is 65.5 Å². The molecule has 0 radical (unpaired) electrons. The summed E-state index contributed by atoms with van der Waals surface area (Å²) in [5.74, 6) is 1.23. The number of H-pyrrole nitrogens is 1. The Morgan fingerprint density at radius 1 is 1.07 bits per heavy atom. The molecule has 0 aliphatic rings. The molecule has 3 rings (SSSR count).